The Morgan fingerprint density at radius 1 is 1.09 bits per heavy atom. The first-order valence-electron chi connectivity index (χ1n) is 7.39. The molecule has 0 bridgehead atoms. The predicted molar refractivity (Wildman–Crippen MR) is 79.8 cm³/mol. The van der Waals surface area contributed by atoms with E-state index in [0.717, 1.165) is 24.6 Å². The predicted octanol–water partition coefficient (Wildman–Crippen LogP) is 4.10. The van der Waals surface area contributed by atoms with E-state index < -0.39 is 11.6 Å². The van der Waals surface area contributed by atoms with Crippen LogP contribution in [0, 0.1) is 11.6 Å². The molecule has 0 N–H and O–H groups in total. The fraction of sp³-hybridized carbons (Fsp3) is 0.412. The van der Waals surface area contributed by atoms with Crippen molar-refractivity contribution in [1.29, 1.82) is 0 Å². The molecule has 3 rings (SSSR count). The fourth-order valence-electron chi connectivity index (χ4n) is 2.97. The number of carbonyl (C=O) groups is 1. The molecule has 0 saturated heterocycles. The van der Waals surface area contributed by atoms with Crippen LogP contribution in [0.4, 0.5) is 8.78 Å². The van der Waals surface area contributed by atoms with E-state index in [1.165, 1.54) is 12.1 Å². The van der Waals surface area contributed by atoms with Crippen molar-refractivity contribution in [3.8, 4) is 11.3 Å². The molecule has 5 heteroatoms. The summed E-state index contributed by atoms with van der Waals surface area (Å²) in [4.78, 5) is 12.3. The molecule has 1 aliphatic carbocycles. The third-order valence-corrected chi connectivity index (χ3v) is 3.85. The molecule has 0 saturated carbocycles. The number of halogens is 2. The van der Waals surface area contributed by atoms with Gasteiger partial charge in [0.05, 0.1) is 16.8 Å². The summed E-state index contributed by atoms with van der Waals surface area (Å²) < 4.78 is 28.9. The fourth-order valence-corrected chi connectivity index (χ4v) is 2.97. The summed E-state index contributed by atoms with van der Waals surface area (Å²) in [6.07, 6.45) is 1.99. The number of hydrogen-bond donors (Lipinski definition) is 0. The molecule has 1 aromatic heterocycles. The van der Waals surface area contributed by atoms with Gasteiger partial charge in [-0.15, -0.1) is 0 Å². The minimum Gasteiger partial charge on any atom is -0.294 e. The van der Waals surface area contributed by atoms with Crippen molar-refractivity contribution >= 4 is 5.78 Å². The maximum absolute atomic E-state index is 13.5. The Labute approximate surface area is 128 Å². The molecular weight excluding hydrogens is 286 g/mol. The van der Waals surface area contributed by atoms with Crippen molar-refractivity contribution in [2.75, 3.05) is 0 Å². The number of carbonyl (C=O) groups excluding carboxylic acids is 1. The third kappa shape index (κ3) is 2.45. The summed E-state index contributed by atoms with van der Waals surface area (Å²) in [5.41, 5.74) is 1.78. The molecular formula is C17H18F2N2O. The highest BCUT2D eigenvalue weighted by atomic mass is 19.1. The Bertz CT molecular complexity index is 736. The van der Waals surface area contributed by atoms with Crippen molar-refractivity contribution in [3.05, 3.63) is 41.1 Å². The van der Waals surface area contributed by atoms with Crippen LogP contribution < -0.4 is 0 Å². The Morgan fingerprint density at radius 3 is 2.32 bits per heavy atom. The zero-order chi connectivity index (χ0) is 16.1. The number of nitrogens with zero attached hydrogens (tertiary/aromatic N) is 2. The molecule has 1 aliphatic rings. The van der Waals surface area contributed by atoms with Crippen LogP contribution in [-0.4, -0.2) is 15.6 Å². The lowest BCUT2D eigenvalue weighted by Crippen LogP contribution is -2.27. The van der Waals surface area contributed by atoms with E-state index in [-0.39, 0.29) is 11.3 Å². The molecule has 2 aromatic rings. The minimum absolute atomic E-state index is 0.00332. The second-order valence-electron chi connectivity index (χ2n) is 6.69. The van der Waals surface area contributed by atoms with Crippen LogP contribution in [0.1, 0.15) is 49.7 Å². The summed E-state index contributed by atoms with van der Waals surface area (Å²) in [5.74, 6) is -1.34. The van der Waals surface area contributed by atoms with Gasteiger partial charge in [-0.3, -0.25) is 9.48 Å². The molecule has 1 aromatic carbocycles. The molecule has 0 aliphatic heterocycles. The van der Waals surface area contributed by atoms with Crippen LogP contribution in [0.25, 0.3) is 11.3 Å². The summed E-state index contributed by atoms with van der Waals surface area (Å²) in [5, 5.41) is 4.53. The van der Waals surface area contributed by atoms with Gasteiger partial charge in [0, 0.05) is 18.1 Å². The first-order chi connectivity index (χ1) is 10.3. The van der Waals surface area contributed by atoms with E-state index in [2.05, 4.69) is 5.10 Å². The number of rotatable bonds is 1. The minimum atomic E-state index is -0.669. The molecule has 0 fully saturated rings. The molecule has 0 spiro atoms. The summed E-state index contributed by atoms with van der Waals surface area (Å²) in [7, 11) is 0. The standard InChI is InChI=1S/C17H18F2N2O/c1-17(2,3)21-13-5-4-6-14(22)15(13)16(20-21)10-7-11(18)9-12(19)8-10/h7-9H,4-6H2,1-3H3. The number of hydrogen-bond acceptors (Lipinski definition) is 2. The van der Waals surface area contributed by atoms with E-state index in [0.29, 0.717) is 23.2 Å². The lowest BCUT2D eigenvalue weighted by Gasteiger charge is -2.24. The van der Waals surface area contributed by atoms with Crippen LogP contribution in [0.3, 0.4) is 0 Å². The van der Waals surface area contributed by atoms with Crippen molar-refractivity contribution in [1.82, 2.24) is 9.78 Å². The molecule has 0 unspecified atom stereocenters. The van der Waals surface area contributed by atoms with Crippen molar-refractivity contribution in [3.63, 3.8) is 0 Å². The number of fused-ring (bicyclic) bond motifs is 1. The van der Waals surface area contributed by atoms with Gasteiger partial charge < -0.3 is 0 Å². The monoisotopic (exact) mass is 304 g/mol. The third-order valence-electron chi connectivity index (χ3n) is 3.85. The van der Waals surface area contributed by atoms with Gasteiger partial charge in [0.2, 0.25) is 0 Å². The van der Waals surface area contributed by atoms with Crippen LogP contribution in [-0.2, 0) is 12.0 Å². The van der Waals surface area contributed by atoms with Gasteiger partial charge >= 0.3 is 0 Å². The molecule has 0 radical (unpaired) electrons. The number of aromatic nitrogens is 2. The van der Waals surface area contributed by atoms with Gasteiger partial charge in [-0.1, -0.05) is 0 Å². The van der Waals surface area contributed by atoms with Crippen LogP contribution in [0.5, 0.6) is 0 Å². The summed E-state index contributed by atoms with van der Waals surface area (Å²) >= 11 is 0. The summed E-state index contributed by atoms with van der Waals surface area (Å²) in [6, 6.07) is 3.26. The molecule has 22 heavy (non-hydrogen) atoms. The van der Waals surface area contributed by atoms with Gasteiger partial charge in [0.1, 0.15) is 17.3 Å². The van der Waals surface area contributed by atoms with E-state index in [4.69, 9.17) is 0 Å². The highest BCUT2D eigenvalue weighted by Gasteiger charge is 2.31. The SMILES string of the molecule is CC(C)(C)n1nc(-c2cc(F)cc(F)c2)c2c1CCCC2=O. The van der Waals surface area contributed by atoms with Crippen LogP contribution in [0.15, 0.2) is 18.2 Å². The second kappa shape index (κ2) is 5.00. The smallest absolute Gasteiger partial charge is 0.166 e. The normalized spacial score (nSPS) is 15.0. The Hall–Kier alpha value is -2.04. The van der Waals surface area contributed by atoms with Gasteiger partial charge in [0.15, 0.2) is 5.78 Å². The Morgan fingerprint density at radius 2 is 1.73 bits per heavy atom. The number of benzene rings is 1. The molecule has 0 atom stereocenters. The largest absolute Gasteiger partial charge is 0.294 e. The van der Waals surface area contributed by atoms with Gasteiger partial charge in [-0.05, 0) is 45.7 Å². The zero-order valence-electron chi connectivity index (χ0n) is 12.9. The lowest BCUT2D eigenvalue weighted by atomic mass is 9.91. The van der Waals surface area contributed by atoms with Crippen molar-refractivity contribution < 1.29 is 13.6 Å². The van der Waals surface area contributed by atoms with E-state index >= 15 is 0 Å². The topological polar surface area (TPSA) is 34.9 Å². The highest BCUT2D eigenvalue weighted by Crippen LogP contribution is 2.34. The van der Waals surface area contributed by atoms with E-state index in [1.54, 1.807) is 0 Å². The highest BCUT2D eigenvalue weighted by molar-refractivity contribution is 6.03. The number of ketones is 1. The first-order valence-corrected chi connectivity index (χ1v) is 7.39. The van der Waals surface area contributed by atoms with E-state index in [1.807, 2.05) is 25.5 Å². The molecule has 1 heterocycles. The molecule has 3 nitrogen and oxygen atoms in total. The van der Waals surface area contributed by atoms with Gasteiger partial charge in [0.25, 0.3) is 0 Å². The van der Waals surface area contributed by atoms with Gasteiger partial charge in [-0.25, -0.2) is 8.78 Å². The quantitative estimate of drug-likeness (QED) is 0.795. The molecule has 0 amide bonds. The Balaban J connectivity index is 2.28. The maximum atomic E-state index is 13.5. The lowest BCUT2D eigenvalue weighted by molar-refractivity contribution is 0.0971. The maximum Gasteiger partial charge on any atom is 0.166 e. The van der Waals surface area contributed by atoms with E-state index in [9.17, 15) is 13.6 Å². The Kier molecular flexibility index (Phi) is 3.38. The van der Waals surface area contributed by atoms with Crippen LogP contribution >= 0.6 is 0 Å². The van der Waals surface area contributed by atoms with Gasteiger partial charge in [-0.2, -0.15) is 5.10 Å². The van der Waals surface area contributed by atoms with Crippen molar-refractivity contribution in [2.24, 2.45) is 0 Å². The zero-order valence-corrected chi connectivity index (χ0v) is 12.9. The molecule has 116 valence electrons. The number of Topliss-reactive ketones (excluding diaryl/α,β-unsaturated/α-hetero) is 1. The average molecular weight is 304 g/mol. The second-order valence-corrected chi connectivity index (χ2v) is 6.69. The van der Waals surface area contributed by atoms with Crippen molar-refractivity contribution in [2.45, 2.75) is 45.6 Å². The summed E-state index contributed by atoms with van der Waals surface area (Å²) in [6.45, 7) is 5.99. The van der Waals surface area contributed by atoms with Crippen LogP contribution in [0.2, 0.25) is 0 Å². The first kappa shape index (κ1) is 14.9. The average Bonchev–Trinajstić information content (AvgIpc) is 2.78.